The van der Waals surface area contributed by atoms with Gasteiger partial charge in [0.15, 0.2) is 0 Å². The Morgan fingerprint density at radius 2 is 1.95 bits per heavy atom. The smallest absolute Gasteiger partial charge is 0.226 e. The van der Waals surface area contributed by atoms with Crippen LogP contribution in [-0.2, 0) is 0 Å². The lowest BCUT2D eigenvalue weighted by atomic mass is 10.2. The third-order valence-corrected chi connectivity index (χ3v) is 2.89. The Labute approximate surface area is 114 Å². The van der Waals surface area contributed by atoms with Crippen molar-refractivity contribution in [3.63, 3.8) is 0 Å². The average Bonchev–Trinajstić information content (AvgIpc) is 2.44. The highest BCUT2D eigenvalue weighted by atomic mass is 16.5. The summed E-state index contributed by atoms with van der Waals surface area (Å²) in [5.41, 5.74) is 0.916. The van der Waals surface area contributed by atoms with Crippen molar-refractivity contribution in [2.45, 2.75) is 33.1 Å². The minimum atomic E-state index is 0.631. The van der Waals surface area contributed by atoms with Gasteiger partial charge in [0.2, 0.25) is 11.8 Å². The Kier molecular flexibility index (Phi) is 4.95. The van der Waals surface area contributed by atoms with Gasteiger partial charge < -0.3 is 10.1 Å². The van der Waals surface area contributed by atoms with Crippen LogP contribution in [0.3, 0.4) is 0 Å². The molecule has 0 radical (unpaired) electrons. The molecule has 102 valence electrons. The van der Waals surface area contributed by atoms with Crippen LogP contribution in [0.5, 0.6) is 5.88 Å². The van der Waals surface area contributed by atoms with Crippen LogP contribution in [0.15, 0.2) is 24.3 Å². The van der Waals surface area contributed by atoms with Crippen LogP contribution in [0, 0.1) is 0 Å². The molecule has 0 aliphatic heterocycles. The molecule has 0 atom stereocenters. The SMILES string of the molecule is CCCCCOc1nc(NCC)nc2ccccc12. The van der Waals surface area contributed by atoms with Crippen molar-refractivity contribution in [1.82, 2.24) is 9.97 Å². The lowest BCUT2D eigenvalue weighted by molar-refractivity contribution is 0.299. The number of benzene rings is 1. The number of rotatable bonds is 7. The number of aromatic nitrogens is 2. The molecule has 0 saturated carbocycles. The Balaban J connectivity index is 2.23. The van der Waals surface area contributed by atoms with Gasteiger partial charge in [0.1, 0.15) is 0 Å². The van der Waals surface area contributed by atoms with E-state index >= 15 is 0 Å². The van der Waals surface area contributed by atoms with Crippen LogP contribution >= 0.6 is 0 Å². The minimum absolute atomic E-state index is 0.631. The molecule has 2 aromatic rings. The number of nitrogens with zero attached hydrogens (tertiary/aromatic N) is 2. The van der Waals surface area contributed by atoms with E-state index in [1.807, 2.05) is 31.2 Å². The molecule has 2 rings (SSSR count). The maximum absolute atomic E-state index is 5.82. The lowest BCUT2D eigenvalue weighted by Gasteiger charge is -2.10. The number of hydrogen-bond donors (Lipinski definition) is 1. The summed E-state index contributed by atoms with van der Waals surface area (Å²) < 4.78 is 5.82. The van der Waals surface area contributed by atoms with Gasteiger partial charge in [-0.25, -0.2) is 4.98 Å². The molecule has 0 saturated heterocycles. The highest BCUT2D eigenvalue weighted by molar-refractivity contribution is 5.84. The van der Waals surface area contributed by atoms with E-state index in [9.17, 15) is 0 Å². The van der Waals surface area contributed by atoms with Crippen molar-refractivity contribution >= 4 is 16.9 Å². The molecule has 4 nitrogen and oxygen atoms in total. The van der Waals surface area contributed by atoms with Crippen molar-refractivity contribution in [3.8, 4) is 5.88 Å². The van der Waals surface area contributed by atoms with Crippen LogP contribution in [0.2, 0.25) is 0 Å². The van der Waals surface area contributed by atoms with E-state index in [-0.39, 0.29) is 0 Å². The summed E-state index contributed by atoms with van der Waals surface area (Å²) in [6, 6.07) is 7.94. The zero-order valence-electron chi connectivity index (χ0n) is 11.6. The number of hydrogen-bond acceptors (Lipinski definition) is 4. The Morgan fingerprint density at radius 3 is 2.74 bits per heavy atom. The monoisotopic (exact) mass is 259 g/mol. The fourth-order valence-electron chi connectivity index (χ4n) is 1.92. The third-order valence-electron chi connectivity index (χ3n) is 2.89. The first-order valence-electron chi connectivity index (χ1n) is 6.98. The van der Waals surface area contributed by atoms with Crippen LogP contribution in [0.4, 0.5) is 5.95 Å². The summed E-state index contributed by atoms with van der Waals surface area (Å²) in [4.78, 5) is 8.91. The van der Waals surface area contributed by atoms with Gasteiger partial charge in [0.25, 0.3) is 0 Å². The molecule has 19 heavy (non-hydrogen) atoms. The second-order valence-corrected chi connectivity index (χ2v) is 4.46. The first kappa shape index (κ1) is 13.6. The second kappa shape index (κ2) is 6.92. The van der Waals surface area contributed by atoms with Crippen molar-refractivity contribution in [1.29, 1.82) is 0 Å². The predicted molar refractivity (Wildman–Crippen MR) is 78.7 cm³/mol. The summed E-state index contributed by atoms with van der Waals surface area (Å²) in [7, 11) is 0. The van der Waals surface area contributed by atoms with E-state index in [0.29, 0.717) is 18.4 Å². The zero-order valence-corrected chi connectivity index (χ0v) is 11.6. The van der Waals surface area contributed by atoms with Crippen LogP contribution in [0.25, 0.3) is 10.9 Å². The van der Waals surface area contributed by atoms with Crippen LogP contribution in [0.1, 0.15) is 33.1 Å². The standard InChI is InChI=1S/C15H21N3O/c1-3-5-8-11-19-14-12-9-6-7-10-13(12)17-15(18-14)16-4-2/h6-7,9-10H,3-5,8,11H2,1-2H3,(H,16,17,18). The minimum Gasteiger partial charge on any atom is -0.477 e. The number of ether oxygens (including phenoxy) is 1. The molecule has 0 spiro atoms. The van der Waals surface area contributed by atoms with E-state index in [1.165, 1.54) is 12.8 Å². The summed E-state index contributed by atoms with van der Waals surface area (Å²) in [6.07, 6.45) is 3.44. The van der Waals surface area contributed by atoms with Gasteiger partial charge in [-0.05, 0) is 25.5 Å². The van der Waals surface area contributed by atoms with Crippen molar-refractivity contribution < 1.29 is 4.74 Å². The van der Waals surface area contributed by atoms with Crippen LogP contribution < -0.4 is 10.1 Å². The summed E-state index contributed by atoms with van der Waals surface area (Å²) in [5, 5.41) is 4.11. The second-order valence-electron chi connectivity index (χ2n) is 4.46. The topological polar surface area (TPSA) is 47.0 Å². The fourth-order valence-corrected chi connectivity index (χ4v) is 1.92. The highest BCUT2D eigenvalue weighted by Gasteiger charge is 2.07. The lowest BCUT2D eigenvalue weighted by Crippen LogP contribution is -2.06. The average molecular weight is 259 g/mol. The fraction of sp³-hybridized carbons (Fsp3) is 0.467. The largest absolute Gasteiger partial charge is 0.477 e. The molecular weight excluding hydrogens is 238 g/mol. The maximum atomic E-state index is 5.82. The van der Waals surface area contributed by atoms with E-state index in [1.54, 1.807) is 0 Å². The van der Waals surface area contributed by atoms with Gasteiger partial charge in [-0.2, -0.15) is 4.98 Å². The molecule has 0 fully saturated rings. The zero-order chi connectivity index (χ0) is 13.5. The maximum Gasteiger partial charge on any atom is 0.226 e. The molecule has 0 unspecified atom stereocenters. The number of anilines is 1. The number of para-hydroxylation sites is 1. The van der Waals surface area contributed by atoms with Crippen molar-refractivity contribution in [2.24, 2.45) is 0 Å². The molecule has 0 bridgehead atoms. The predicted octanol–water partition coefficient (Wildman–Crippen LogP) is 3.63. The summed E-state index contributed by atoms with van der Waals surface area (Å²) in [5.74, 6) is 1.31. The van der Waals surface area contributed by atoms with Crippen molar-refractivity contribution in [2.75, 3.05) is 18.5 Å². The molecular formula is C15H21N3O. The number of unbranched alkanes of at least 4 members (excludes halogenated alkanes) is 2. The van der Waals surface area contributed by atoms with E-state index < -0.39 is 0 Å². The molecule has 4 heteroatoms. The Hall–Kier alpha value is -1.84. The molecule has 1 N–H and O–H groups in total. The molecule has 1 heterocycles. The van der Waals surface area contributed by atoms with E-state index in [4.69, 9.17) is 4.74 Å². The molecule has 0 aliphatic rings. The normalized spacial score (nSPS) is 10.6. The first-order valence-corrected chi connectivity index (χ1v) is 6.98. The van der Waals surface area contributed by atoms with Gasteiger partial charge in [-0.1, -0.05) is 31.9 Å². The van der Waals surface area contributed by atoms with Crippen LogP contribution in [-0.4, -0.2) is 23.1 Å². The molecule has 0 amide bonds. The van der Waals surface area contributed by atoms with Crippen molar-refractivity contribution in [3.05, 3.63) is 24.3 Å². The number of nitrogens with one attached hydrogen (secondary N) is 1. The van der Waals surface area contributed by atoms with E-state index in [2.05, 4.69) is 22.2 Å². The summed E-state index contributed by atoms with van der Waals surface area (Å²) in [6.45, 7) is 5.72. The van der Waals surface area contributed by atoms with E-state index in [0.717, 1.165) is 23.9 Å². The molecule has 0 aliphatic carbocycles. The highest BCUT2D eigenvalue weighted by Crippen LogP contribution is 2.23. The molecule has 1 aromatic heterocycles. The Bertz CT molecular complexity index is 528. The van der Waals surface area contributed by atoms with Gasteiger partial charge in [0.05, 0.1) is 17.5 Å². The summed E-state index contributed by atoms with van der Waals surface area (Å²) >= 11 is 0. The molecule has 1 aromatic carbocycles. The van der Waals surface area contributed by atoms with Gasteiger partial charge in [-0.15, -0.1) is 0 Å². The third kappa shape index (κ3) is 3.56. The number of fused-ring (bicyclic) bond motifs is 1. The van der Waals surface area contributed by atoms with Gasteiger partial charge in [-0.3, -0.25) is 0 Å². The van der Waals surface area contributed by atoms with Gasteiger partial charge in [0, 0.05) is 6.54 Å². The van der Waals surface area contributed by atoms with Gasteiger partial charge >= 0.3 is 0 Å². The Morgan fingerprint density at radius 1 is 1.11 bits per heavy atom. The quantitative estimate of drug-likeness (QED) is 0.771. The first-order chi connectivity index (χ1) is 9.35.